The minimum atomic E-state index is -4.64. The Morgan fingerprint density at radius 3 is 1.14 bits per heavy atom. The van der Waals surface area contributed by atoms with E-state index >= 15 is 0 Å². The Bertz CT molecular complexity index is 54.2. The molecule has 0 amide bonds. The molecule has 0 saturated carbocycles. The van der Waals surface area contributed by atoms with E-state index in [1.165, 1.54) is 0 Å². The topological polar surface area (TPSA) is 106 Å². The second-order valence-electron chi connectivity index (χ2n) is 0.513. The number of hydrogen-bond donors (Lipinski definition) is 3. The second-order valence-corrected chi connectivity index (χ2v) is 1.54. The molecular weight excluding hydrogens is 166 g/mol. The third kappa shape index (κ3) is 399. The molecule has 0 aliphatic carbocycles. The fraction of sp³-hybridized carbons (Fsp3) is 0. The van der Waals surface area contributed by atoms with Crippen LogP contribution in [0.15, 0.2) is 0 Å². The van der Waals surface area contributed by atoms with Crippen LogP contribution in [-0.4, -0.2) is 14.7 Å². The molecule has 0 atom stereocenters. The molecule has 0 fully saturated rings. The van der Waals surface area contributed by atoms with Crippen LogP contribution in [-0.2, 0) is 27.1 Å². The first-order valence-electron chi connectivity index (χ1n) is 0.783. The molecular formula is H3MnO5P. The zero-order valence-corrected chi connectivity index (χ0v) is 5.06. The summed E-state index contributed by atoms with van der Waals surface area (Å²) in [5.41, 5.74) is 0. The molecule has 0 aromatic carbocycles. The number of hydrogen-bond acceptors (Lipinski definition) is 1. The van der Waals surface area contributed by atoms with Gasteiger partial charge in [-0.25, -0.2) is 4.57 Å². The van der Waals surface area contributed by atoms with Crippen molar-refractivity contribution in [3.05, 3.63) is 0 Å². The third-order valence-electron chi connectivity index (χ3n) is 0. The molecule has 0 bridgehead atoms. The maximum atomic E-state index is 8.88. The van der Waals surface area contributed by atoms with E-state index in [0.717, 1.165) is 0 Å². The molecule has 0 aliphatic heterocycles. The zero-order valence-electron chi connectivity index (χ0n) is 2.98. The van der Waals surface area contributed by atoms with Crippen LogP contribution in [0.3, 0.4) is 0 Å². The van der Waals surface area contributed by atoms with Crippen LogP contribution in [0.1, 0.15) is 0 Å². The average molecular weight is 169 g/mol. The molecule has 0 spiro atoms. The van der Waals surface area contributed by atoms with Crippen LogP contribution >= 0.6 is 7.82 Å². The van der Waals surface area contributed by atoms with Gasteiger partial charge in [0.25, 0.3) is 0 Å². The van der Waals surface area contributed by atoms with E-state index in [4.69, 9.17) is 19.2 Å². The summed E-state index contributed by atoms with van der Waals surface area (Å²) in [6.45, 7) is 0. The molecule has 45 valence electrons. The molecule has 0 rings (SSSR count). The summed E-state index contributed by atoms with van der Waals surface area (Å²) in [6.07, 6.45) is 0. The molecule has 7 heteroatoms. The molecule has 0 aromatic heterocycles. The Morgan fingerprint density at radius 1 is 1.14 bits per heavy atom. The summed E-state index contributed by atoms with van der Waals surface area (Å²) in [5, 5.41) is 0. The van der Waals surface area contributed by atoms with E-state index in [9.17, 15) is 0 Å². The van der Waals surface area contributed by atoms with Gasteiger partial charge in [-0.3, -0.25) is 0 Å². The van der Waals surface area contributed by atoms with Gasteiger partial charge in [-0.1, -0.05) is 0 Å². The average Bonchev–Trinajstić information content (AvgIpc) is 0.722. The van der Waals surface area contributed by atoms with Crippen molar-refractivity contribution in [2.24, 2.45) is 0 Å². The molecule has 5 nitrogen and oxygen atoms in total. The van der Waals surface area contributed by atoms with Gasteiger partial charge in [0.1, 0.15) is 0 Å². The Balaban J connectivity index is -0.0000000800. The summed E-state index contributed by atoms with van der Waals surface area (Å²) in [5.74, 6) is 0. The van der Waals surface area contributed by atoms with Gasteiger partial charge in [0.15, 0.2) is 0 Å². The van der Waals surface area contributed by atoms with Crippen molar-refractivity contribution in [3.8, 4) is 0 Å². The third-order valence-corrected chi connectivity index (χ3v) is 0. The van der Waals surface area contributed by atoms with Crippen molar-refractivity contribution in [2.45, 2.75) is 0 Å². The maximum Gasteiger partial charge on any atom is 2.00 e. The first-order valence-corrected chi connectivity index (χ1v) is 2.35. The molecule has 0 unspecified atom stereocenters. The Morgan fingerprint density at radius 2 is 1.14 bits per heavy atom. The van der Waals surface area contributed by atoms with Crippen molar-refractivity contribution in [2.75, 3.05) is 0 Å². The number of rotatable bonds is 0. The van der Waals surface area contributed by atoms with Gasteiger partial charge in [-0.2, -0.15) is 0 Å². The van der Waals surface area contributed by atoms with Gasteiger partial charge in [0, 0.05) is 0 Å². The second kappa shape index (κ2) is 4.74. The fourth-order valence-electron chi connectivity index (χ4n) is 0. The fourth-order valence-corrected chi connectivity index (χ4v) is 0. The minimum Gasteiger partial charge on any atom is -2.00 e. The van der Waals surface area contributed by atoms with E-state index in [0.29, 0.717) is 0 Å². The summed E-state index contributed by atoms with van der Waals surface area (Å²) >= 11 is 0. The van der Waals surface area contributed by atoms with Crippen molar-refractivity contribution >= 4 is 7.82 Å². The standard InChI is InChI=1S/Mn.H3O4P.O/c;1-5(2,3)4;/h;(H3,1,2,3,4);/q+2;;-2. The van der Waals surface area contributed by atoms with Crippen LogP contribution in [0.2, 0.25) is 0 Å². The van der Waals surface area contributed by atoms with E-state index in [2.05, 4.69) is 0 Å². The van der Waals surface area contributed by atoms with Crippen LogP contribution in [0.5, 0.6) is 0 Å². The van der Waals surface area contributed by atoms with E-state index in [1.807, 2.05) is 0 Å². The van der Waals surface area contributed by atoms with Crippen molar-refractivity contribution in [3.63, 3.8) is 0 Å². The predicted molar refractivity (Wildman–Crippen MR) is 14.9 cm³/mol. The van der Waals surface area contributed by atoms with Gasteiger partial charge >= 0.3 is 24.9 Å². The van der Waals surface area contributed by atoms with E-state index in [-0.39, 0.29) is 22.5 Å². The smallest absolute Gasteiger partial charge is 2.00 e. The van der Waals surface area contributed by atoms with E-state index in [1.54, 1.807) is 0 Å². The van der Waals surface area contributed by atoms with Crippen molar-refractivity contribution in [1.82, 2.24) is 0 Å². The van der Waals surface area contributed by atoms with Gasteiger partial charge in [0.2, 0.25) is 0 Å². The van der Waals surface area contributed by atoms with Gasteiger partial charge in [-0.15, -0.1) is 0 Å². The Hall–Kier alpha value is 0.589. The molecule has 1 radical (unpaired) electrons. The number of phosphoric acid groups is 1. The van der Waals surface area contributed by atoms with Gasteiger partial charge < -0.3 is 20.2 Å². The molecule has 0 aliphatic rings. The Labute approximate surface area is 50.4 Å². The summed E-state index contributed by atoms with van der Waals surface area (Å²) in [7, 11) is -4.64. The quantitative estimate of drug-likeness (QED) is 0.317. The predicted octanol–water partition coefficient (Wildman–Crippen LogP) is -1.05. The molecule has 7 heavy (non-hydrogen) atoms. The first kappa shape index (κ1) is 15.6. The van der Waals surface area contributed by atoms with Crippen LogP contribution in [0.25, 0.3) is 0 Å². The maximum absolute atomic E-state index is 8.88. The van der Waals surface area contributed by atoms with Crippen molar-refractivity contribution in [1.29, 1.82) is 0 Å². The minimum absolute atomic E-state index is 0. The first-order chi connectivity index (χ1) is 2.00. The summed E-state index contributed by atoms with van der Waals surface area (Å²) in [6, 6.07) is 0. The largest absolute Gasteiger partial charge is 2.00 e. The van der Waals surface area contributed by atoms with E-state index < -0.39 is 7.82 Å². The van der Waals surface area contributed by atoms with Crippen LogP contribution in [0.4, 0.5) is 0 Å². The molecule has 0 heterocycles. The van der Waals surface area contributed by atoms with Gasteiger partial charge in [-0.05, 0) is 0 Å². The molecule has 0 saturated heterocycles. The van der Waals surface area contributed by atoms with Crippen molar-refractivity contribution < 1.29 is 41.8 Å². The summed E-state index contributed by atoms with van der Waals surface area (Å²) < 4.78 is 8.88. The SMILES string of the molecule is O=P(O)(O)O.[Mn+2].[O-2]. The molecule has 0 aromatic rings. The zero-order chi connectivity index (χ0) is 4.50. The molecule has 3 N–H and O–H groups in total. The van der Waals surface area contributed by atoms with Gasteiger partial charge in [0.05, 0.1) is 0 Å². The Kier molecular flexibility index (Phi) is 10.6. The normalized spacial score (nSPS) is 8.43. The van der Waals surface area contributed by atoms with Crippen LogP contribution in [0, 0.1) is 0 Å². The summed E-state index contributed by atoms with van der Waals surface area (Å²) in [4.78, 5) is 21.6. The monoisotopic (exact) mass is 169 g/mol. The van der Waals surface area contributed by atoms with Crippen LogP contribution < -0.4 is 0 Å².